The molecule has 2 aromatic carbocycles. The smallest absolute Gasteiger partial charge is 0.0554 e. The van der Waals surface area contributed by atoms with Crippen molar-refractivity contribution in [3.63, 3.8) is 0 Å². The fourth-order valence-electron chi connectivity index (χ4n) is 1.79. The quantitative estimate of drug-likeness (QED) is 0.838. The molecule has 0 saturated heterocycles. The van der Waals surface area contributed by atoms with E-state index in [1.807, 2.05) is 36.4 Å². The first kappa shape index (κ1) is 11.2. The highest BCUT2D eigenvalue weighted by atomic mass is 35.5. The summed E-state index contributed by atoms with van der Waals surface area (Å²) >= 11 is 5.85. The van der Waals surface area contributed by atoms with Crippen LogP contribution in [0.3, 0.4) is 0 Å². The topological polar surface area (TPSA) is 26.0 Å². The Bertz CT molecular complexity index is 476. The molecule has 0 amide bonds. The van der Waals surface area contributed by atoms with Gasteiger partial charge in [0.2, 0.25) is 0 Å². The predicted molar refractivity (Wildman–Crippen MR) is 68.7 cm³/mol. The van der Waals surface area contributed by atoms with Gasteiger partial charge in [0.05, 0.1) is 6.04 Å². The number of benzene rings is 2. The maximum atomic E-state index is 6.22. The molecule has 0 fully saturated rings. The van der Waals surface area contributed by atoms with E-state index in [1.54, 1.807) is 0 Å². The predicted octanol–water partition coefficient (Wildman–Crippen LogP) is 3.70. The van der Waals surface area contributed by atoms with E-state index in [0.717, 1.165) is 16.1 Å². The lowest BCUT2D eigenvalue weighted by Gasteiger charge is -2.15. The molecule has 2 heteroatoms. The summed E-state index contributed by atoms with van der Waals surface area (Å²) in [6.45, 7) is 2.07. The average molecular weight is 232 g/mol. The molecule has 0 saturated carbocycles. The van der Waals surface area contributed by atoms with Crippen molar-refractivity contribution in [1.29, 1.82) is 0 Å². The highest BCUT2D eigenvalue weighted by Gasteiger charge is 2.10. The fourth-order valence-corrected chi connectivity index (χ4v) is 1.91. The molecule has 82 valence electrons. The summed E-state index contributed by atoms with van der Waals surface area (Å²) in [4.78, 5) is 0. The number of hydrogen-bond acceptors (Lipinski definition) is 1. The molecule has 1 unspecified atom stereocenters. The van der Waals surface area contributed by atoms with Gasteiger partial charge >= 0.3 is 0 Å². The molecule has 1 nitrogen and oxygen atoms in total. The fraction of sp³-hybridized carbons (Fsp3) is 0.143. The van der Waals surface area contributed by atoms with Crippen molar-refractivity contribution in [3.8, 4) is 0 Å². The molecule has 0 radical (unpaired) electrons. The Morgan fingerprint density at radius 3 is 2.25 bits per heavy atom. The van der Waals surface area contributed by atoms with E-state index < -0.39 is 0 Å². The molecule has 0 aliphatic heterocycles. The molecule has 2 aromatic rings. The summed E-state index contributed by atoms with van der Waals surface area (Å²) < 4.78 is 0. The lowest BCUT2D eigenvalue weighted by molar-refractivity contribution is 0.862. The van der Waals surface area contributed by atoms with E-state index in [-0.39, 0.29) is 6.04 Å². The number of nitrogens with two attached hydrogens (primary N) is 1. The Balaban J connectivity index is 2.35. The van der Waals surface area contributed by atoms with Gasteiger partial charge in [-0.2, -0.15) is 0 Å². The molecule has 2 rings (SSSR count). The molecule has 1 atom stereocenters. The Kier molecular flexibility index (Phi) is 3.28. The molecular weight excluding hydrogens is 218 g/mol. The number of aryl methyl sites for hydroxylation is 1. The van der Waals surface area contributed by atoms with Gasteiger partial charge < -0.3 is 5.73 Å². The van der Waals surface area contributed by atoms with Gasteiger partial charge in [0.25, 0.3) is 0 Å². The first-order valence-electron chi connectivity index (χ1n) is 5.25. The number of halogens is 1. The van der Waals surface area contributed by atoms with Gasteiger partial charge in [-0.05, 0) is 35.7 Å². The maximum Gasteiger partial charge on any atom is 0.0554 e. The zero-order chi connectivity index (χ0) is 11.5. The minimum Gasteiger partial charge on any atom is -0.320 e. The normalized spacial score (nSPS) is 12.4. The van der Waals surface area contributed by atoms with Crippen LogP contribution in [0.5, 0.6) is 0 Å². The second kappa shape index (κ2) is 4.69. The number of rotatable bonds is 2. The monoisotopic (exact) mass is 231 g/mol. The second-order valence-electron chi connectivity index (χ2n) is 3.89. The SMILES string of the molecule is Cc1ccccc1C(N)c1ccc(Cl)cc1. The highest BCUT2D eigenvalue weighted by Crippen LogP contribution is 2.23. The standard InChI is InChI=1S/C14H14ClN/c1-10-4-2-3-5-13(10)14(16)11-6-8-12(15)9-7-11/h2-9,14H,16H2,1H3. The van der Waals surface area contributed by atoms with E-state index in [4.69, 9.17) is 17.3 Å². The van der Waals surface area contributed by atoms with Gasteiger partial charge in [-0.25, -0.2) is 0 Å². The van der Waals surface area contributed by atoms with Crippen LogP contribution in [0.25, 0.3) is 0 Å². The van der Waals surface area contributed by atoms with Crippen LogP contribution in [0, 0.1) is 6.92 Å². The van der Waals surface area contributed by atoms with Crippen molar-refractivity contribution in [2.45, 2.75) is 13.0 Å². The summed E-state index contributed by atoms with van der Waals surface area (Å²) in [5.74, 6) is 0. The third kappa shape index (κ3) is 2.26. The Hall–Kier alpha value is -1.31. The molecule has 0 bridgehead atoms. The van der Waals surface area contributed by atoms with E-state index in [2.05, 4.69) is 19.1 Å². The zero-order valence-corrected chi connectivity index (χ0v) is 9.91. The summed E-state index contributed by atoms with van der Waals surface area (Å²) in [6.07, 6.45) is 0. The van der Waals surface area contributed by atoms with E-state index >= 15 is 0 Å². The van der Waals surface area contributed by atoms with Crippen molar-refractivity contribution >= 4 is 11.6 Å². The van der Waals surface area contributed by atoms with Crippen LogP contribution in [0.15, 0.2) is 48.5 Å². The number of hydrogen-bond donors (Lipinski definition) is 1. The molecule has 0 aliphatic rings. The molecule has 0 aromatic heterocycles. The van der Waals surface area contributed by atoms with E-state index in [0.29, 0.717) is 0 Å². The summed E-state index contributed by atoms with van der Waals surface area (Å²) in [6, 6.07) is 15.8. The lowest BCUT2D eigenvalue weighted by Crippen LogP contribution is -2.12. The van der Waals surface area contributed by atoms with Crippen LogP contribution in [0.4, 0.5) is 0 Å². The second-order valence-corrected chi connectivity index (χ2v) is 4.32. The summed E-state index contributed by atoms with van der Waals surface area (Å²) in [7, 11) is 0. The third-order valence-electron chi connectivity index (χ3n) is 2.75. The van der Waals surface area contributed by atoms with Crippen LogP contribution < -0.4 is 5.73 Å². The van der Waals surface area contributed by atoms with E-state index in [1.165, 1.54) is 5.56 Å². The first-order valence-corrected chi connectivity index (χ1v) is 5.63. The molecule has 0 aliphatic carbocycles. The van der Waals surface area contributed by atoms with Crippen molar-refractivity contribution in [1.82, 2.24) is 0 Å². The summed E-state index contributed by atoms with van der Waals surface area (Å²) in [5, 5.41) is 0.737. The van der Waals surface area contributed by atoms with Gasteiger partial charge in [-0.3, -0.25) is 0 Å². The van der Waals surface area contributed by atoms with Crippen molar-refractivity contribution in [2.75, 3.05) is 0 Å². The maximum absolute atomic E-state index is 6.22. The van der Waals surface area contributed by atoms with Gasteiger partial charge in [0.1, 0.15) is 0 Å². The van der Waals surface area contributed by atoms with Gasteiger partial charge in [0, 0.05) is 5.02 Å². The third-order valence-corrected chi connectivity index (χ3v) is 3.00. The molecule has 2 N–H and O–H groups in total. The van der Waals surface area contributed by atoms with E-state index in [9.17, 15) is 0 Å². The van der Waals surface area contributed by atoms with Crippen molar-refractivity contribution in [3.05, 3.63) is 70.2 Å². The van der Waals surface area contributed by atoms with Crippen LogP contribution in [-0.4, -0.2) is 0 Å². The first-order chi connectivity index (χ1) is 7.68. The minimum absolute atomic E-state index is 0.0848. The zero-order valence-electron chi connectivity index (χ0n) is 9.15. The van der Waals surface area contributed by atoms with Crippen molar-refractivity contribution in [2.24, 2.45) is 5.73 Å². The summed E-state index contributed by atoms with van der Waals surface area (Å²) in [5.41, 5.74) is 9.68. The average Bonchev–Trinajstić information content (AvgIpc) is 2.30. The van der Waals surface area contributed by atoms with Gasteiger partial charge in [0.15, 0.2) is 0 Å². The largest absolute Gasteiger partial charge is 0.320 e. The van der Waals surface area contributed by atoms with Crippen molar-refractivity contribution < 1.29 is 0 Å². The molecule has 0 spiro atoms. The lowest BCUT2D eigenvalue weighted by atomic mass is 9.96. The Labute approximate surface area is 101 Å². The Morgan fingerprint density at radius 2 is 1.62 bits per heavy atom. The van der Waals surface area contributed by atoms with Crippen LogP contribution in [-0.2, 0) is 0 Å². The highest BCUT2D eigenvalue weighted by molar-refractivity contribution is 6.30. The minimum atomic E-state index is -0.0848. The molecular formula is C14H14ClN. The van der Waals surface area contributed by atoms with Gasteiger partial charge in [-0.15, -0.1) is 0 Å². The Morgan fingerprint density at radius 1 is 1.00 bits per heavy atom. The van der Waals surface area contributed by atoms with Crippen LogP contribution in [0.1, 0.15) is 22.7 Å². The van der Waals surface area contributed by atoms with Gasteiger partial charge in [-0.1, -0.05) is 48.0 Å². The van der Waals surface area contributed by atoms with Crippen LogP contribution in [0.2, 0.25) is 5.02 Å². The van der Waals surface area contributed by atoms with Crippen LogP contribution >= 0.6 is 11.6 Å². The molecule has 0 heterocycles. The molecule has 16 heavy (non-hydrogen) atoms.